The van der Waals surface area contributed by atoms with Gasteiger partial charge in [0.2, 0.25) is 0 Å². The lowest BCUT2D eigenvalue weighted by Crippen LogP contribution is -2.68. The summed E-state index contributed by atoms with van der Waals surface area (Å²) in [5.41, 5.74) is 2.06. The van der Waals surface area contributed by atoms with Crippen molar-refractivity contribution >= 4 is 5.71 Å². The van der Waals surface area contributed by atoms with Gasteiger partial charge in [0.05, 0.1) is 0 Å². The molecule has 4 rings (SSSR count). The van der Waals surface area contributed by atoms with Crippen LogP contribution in [0.3, 0.4) is 0 Å². The fourth-order valence-electron chi connectivity index (χ4n) is 5.83. The van der Waals surface area contributed by atoms with Crippen LogP contribution >= 0.6 is 0 Å². The molecule has 4 aliphatic rings. The SMILES string of the molecule is C[C@@H]1C[C@H]2CC3=NCCC[C@H]3[C@]3(C1)NCCC[C@H]23. The van der Waals surface area contributed by atoms with E-state index in [1.54, 1.807) is 5.71 Å². The largest absolute Gasteiger partial charge is 0.310 e. The van der Waals surface area contributed by atoms with Crippen molar-refractivity contribution in [2.75, 3.05) is 13.1 Å². The Labute approximate surface area is 111 Å². The number of nitrogens with zero attached hydrogens (tertiary/aromatic N) is 1. The molecule has 0 amide bonds. The highest BCUT2D eigenvalue weighted by Gasteiger charge is 2.57. The van der Waals surface area contributed by atoms with Gasteiger partial charge in [0, 0.05) is 23.7 Å². The highest BCUT2D eigenvalue weighted by Crippen LogP contribution is 2.55. The predicted molar refractivity (Wildman–Crippen MR) is 75.0 cm³/mol. The molecule has 0 aromatic rings. The Balaban J connectivity index is 1.78. The second-order valence-electron chi connectivity index (χ2n) is 7.29. The van der Waals surface area contributed by atoms with Crippen LogP contribution in [0.15, 0.2) is 4.99 Å². The van der Waals surface area contributed by atoms with Gasteiger partial charge < -0.3 is 5.32 Å². The maximum atomic E-state index is 4.92. The van der Waals surface area contributed by atoms with Gasteiger partial charge >= 0.3 is 0 Å². The van der Waals surface area contributed by atoms with Crippen molar-refractivity contribution in [1.29, 1.82) is 0 Å². The zero-order chi connectivity index (χ0) is 12.2. The third-order valence-electron chi connectivity index (χ3n) is 6.23. The van der Waals surface area contributed by atoms with Crippen LogP contribution in [0, 0.1) is 23.7 Å². The van der Waals surface area contributed by atoms with Gasteiger partial charge in [-0.15, -0.1) is 0 Å². The maximum Gasteiger partial charge on any atom is 0.0389 e. The minimum atomic E-state index is 0.456. The van der Waals surface area contributed by atoms with E-state index in [-0.39, 0.29) is 0 Å². The third-order valence-corrected chi connectivity index (χ3v) is 6.23. The van der Waals surface area contributed by atoms with Crippen LogP contribution in [0.5, 0.6) is 0 Å². The van der Waals surface area contributed by atoms with E-state index in [4.69, 9.17) is 4.99 Å². The van der Waals surface area contributed by atoms with Crippen molar-refractivity contribution < 1.29 is 0 Å². The Morgan fingerprint density at radius 2 is 2.22 bits per heavy atom. The summed E-state index contributed by atoms with van der Waals surface area (Å²) >= 11 is 0. The molecule has 5 atom stereocenters. The molecule has 0 spiro atoms. The lowest BCUT2D eigenvalue weighted by molar-refractivity contribution is -0.0159. The summed E-state index contributed by atoms with van der Waals surface area (Å²) in [5.74, 6) is 3.61. The molecule has 100 valence electrons. The fourth-order valence-corrected chi connectivity index (χ4v) is 5.83. The average molecular weight is 246 g/mol. The van der Waals surface area contributed by atoms with E-state index < -0.39 is 0 Å². The van der Waals surface area contributed by atoms with Crippen molar-refractivity contribution in [2.24, 2.45) is 28.7 Å². The predicted octanol–water partition coefficient (Wildman–Crippen LogP) is 3.03. The van der Waals surface area contributed by atoms with E-state index in [0.29, 0.717) is 5.54 Å². The molecule has 0 radical (unpaired) electrons. The lowest BCUT2D eigenvalue weighted by atomic mass is 9.50. The monoisotopic (exact) mass is 246 g/mol. The van der Waals surface area contributed by atoms with Crippen molar-refractivity contribution in [2.45, 2.75) is 57.4 Å². The summed E-state index contributed by atoms with van der Waals surface area (Å²) in [6.07, 6.45) is 9.82. The van der Waals surface area contributed by atoms with E-state index in [9.17, 15) is 0 Å². The quantitative estimate of drug-likeness (QED) is 0.698. The van der Waals surface area contributed by atoms with Gasteiger partial charge in [-0.1, -0.05) is 6.92 Å². The van der Waals surface area contributed by atoms with Gasteiger partial charge in [-0.05, 0) is 69.2 Å². The van der Waals surface area contributed by atoms with Gasteiger partial charge in [-0.3, -0.25) is 4.99 Å². The zero-order valence-corrected chi connectivity index (χ0v) is 11.6. The molecule has 2 heteroatoms. The Kier molecular flexibility index (Phi) is 2.58. The van der Waals surface area contributed by atoms with Crippen molar-refractivity contribution in [3.8, 4) is 0 Å². The number of nitrogens with one attached hydrogen (secondary N) is 1. The van der Waals surface area contributed by atoms with Crippen molar-refractivity contribution in [3.05, 3.63) is 0 Å². The van der Waals surface area contributed by atoms with E-state index in [1.807, 2.05) is 0 Å². The number of hydrogen-bond donors (Lipinski definition) is 1. The summed E-state index contributed by atoms with van der Waals surface area (Å²) < 4.78 is 0. The molecule has 0 aromatic heterocycles. The van der Waals surface area contributed by atoms with Crippen LogP contribution in [0.25, 0.3) is 0 Å². The van der Waals surface area contributed by atoms with Crippen molar-refractivity contribution in [1.82, 2.24) is 5.32 Å². The topological polar surface area (TPSA) is 24.4 Å². The zero-order valence-electron chi connectivity index (χ0n) is 11.6. The first-order valence-corrected chi connectivity index (χ1v) is 8.08. The van der Waals surface area contributed by atoms with E-state index in [1.165, 1.54) is 51.5 Å². The molecular weight excluding hydrogens is 220 g/mol. The Hall–Kier alpha value is -0.370. The second-order valence-corrected chi connectivity index (χ2v) is 7.29. The van der Waals surface area contributed by atoms with Gasteiger partial charge in [-0.2, -0.15) is 0 Å². The smallest absolute Gasteiger partial charge is 0.0389 e. The second kappa shape index (κ2) is 4.06. The summed E-state index contributed by atoms with van der Waals surface area (Å²) in [5, 5.41) is 4.01. The van der Waals surface area contributed by atoms with Crippen LogP contribution in [-0.2, 0) is 0 Å². The number of hydrogen-bond acceptors (Lipinski definition) is 2. The molecule has 0 aromatic carbocycles. The first kappa shape index (κ1) is 11.5. The highest BCUT2D eigenvalue weighted by molar-refractivity contribution is 5.90. The van der Waals surface area contributed by atoms with Crippen LogP contribution < -0.4 is 5.32 Å². The molecule has 1 saturated heterocycles. The highest BCUT2D eigenvalue weighted by atomic mass is 15.0. The van der Waals surface area contributed by atoms with Gasteiger partial charge in [0.15, 0.2) is 0 Å². The van der Waals surface area contributed by atoms with E-state index in [2.05, 4.69) is 12.2 Å². The van der Waals surface area contributed by atoms with Crippen LogP contribution in [0.1, 0.15) is 51.9 Å². The third kappa shape index (κ3) is 1.47. The van der Waals surface area contributed by atoms with Gasteiger partial charge in [-0.25, -0.2) is 0 Å². The normalized spacial score (nSPS) is 51.1. The molecule has 1 N–H and O–H groups in total. The summed E-state index contributed by atoms with van der Waals surface area (Å²) in [4.78, 5) is 4.92. The van der Waals surface area contributed by atoms with Crippen LogP contribution in [0.4, 0.5) is 0 Å². The molecular formula is C16H26N2. The first-order chi connectivity index (χ1) is 8.79. The number of rotatable bonds is 0. The van der Waals surface area contributed by atoms with Gasteiger partial charge in [0.1, 0.15) is 0 Å². The summed E-state index contributed by atoms with van der Waals surface area (Å²) in [6, 6.07) is 0. The molecule has 2 aliphatic carbocycles. The minimum Gasteiger partial charge on any atom is -0.310 e. The number of fused-ring (bicyclic) bond motifs is 1. The molecule has 2 bridgehead atoms. The van der Waals surface area contributed by atoms with Gasteiger partial charge in [0.25, 0.3) is 0 Å². The lowest BCUT2D eigenvalue weighted by Gasteiger charge is -2.61. The summed E-state index contributed by atoms with van der Waals surface area (Å²) in [6.45, 7) is 4.83. The molecule has 0 unspecified atom stereocenters. The van der Waals surface area contributed by atoms with Crippen molar-refractivity contribution in [3.63, 3.8) is 0 Å². The van der Waals surface area contributed by atoms with Crippen LogP contribution in [0.2, 0.25) is 0 Å². The Morgan fingerprint density at radius 3 is 3.17 bits per heavy atom. The molecule has 2 heterocycles. The number of aliphatic imine (C=N–C) groups is 1. The Morgan fingerprint density at radius 1 is 1.28 bits per heavy atom. The molecule has 3 fully saturated rings. The average Bonchev–Trinajstić information content (AvgIpc) is 2.38. The maximum absolute atomic E-state index is 4.92. The molecule has 2 saturated carbocycles. The molecule has 18 heavy (non-hydrogen) atoms. The Bertz CT molecular complexity index is 375. The molecule has 2 aliphatic heterocycles. The fraction of sp³-hybridized carbons (Fsp3) is 0.938. The van der Waals surface area contributed by atoms with E-state index in [0.717, 1.165) is 30.2 Å². The van der Waals surface area contributed by atoms with E-state index >= 15 is 0 Å². The number of piperidine rings is 1. The molecule has 2 nitrogen and oxygen atoms in total. The first-order valence-electron chi connectivity index (χ1n) is 8.08. The minimum absolute atomic E-state index is 0.456. The standard InChI is InChI=1S/C16H26N2/c1-11-8-12-9-15-14(5-2-6-17-15)16(10-11)13(12)4-3-7-18-16/h11-14,18H,2-10H2,1H3/t11-,12+,13-,14-,16-/m1/s1. The van der Waals surface area contributed by atoms with Crippen LogP contribution in [-0.4, -0.2) is 24.3 Å². The summed E-state index contributed by atoms with van der Waals surface area (Å²) in [7, 11) is 0.